The largest absolute Gasteiger partial charge is 0.423 e. The molecule has 4 rings (SSSR count). The molecular formula is C21H18N2O2S. The van der Waals surface area contributed by atoms with Crippen LogP contribution in [0.15, 0.2) is 44.6 Å². The Kier molecular flexibility index (Phi) is 4.52. The maximum atomic E-state index is 11.9. The van der Waals surface area contributed by atoms with Crippen LogP contribution in [0.3, 0.4) is 0 Å². The van der Waals surface area contributed by atoms with E-state index in [1.54, 1.807) is 0 Å². The molecule has 0 N–H and O–H groups in total. The van der Waals surface area contributed by atoms with Gasteiger partial charge in [-0.3, -0.25) is 0 Å². The maximum Gasteiger partial charge on any atom is 0.336 e. The second kappa shape index (κ2) is 6.97. The van der Waals surface area contributed by atoms with Gasteiger partial charge in [0.25, 0.3) is 0 Å². The molecule has 0 saturated carbocycles. The average Bonchev–Trinajstić information content (AvgIpc) is 2.64. The molecule has 0 radical (unpaired) electrons. The standard InChI is InChI=1S/C21H18N2O2S/c1-13-6-7-17-16(10-20(24)25-19(17)8-13)12-26-21-15(11-22)9-14-4-2-3-5-18(14)23-21/h6-10H,2-5,12H2,1H3. The zero-order chi connectivity index (χ0) is 18.1. The van der Waals surface area contributed by atoms with Crippen LogP contribution in [0, 0.1) is 18.3 Å². The van der Waals surface area contributed by atoms with Crippen molar-refractivity contribution >= 4 is 22.7 Å². The van der Waals surface area contributed by atoms with Crippen molar-refractivity contribution in [3.05, 3.63) is 68.7 Å². The minimum atomic E-state index is -0.349. The van der Waals surface area contributed by atoms with Gasteiger partial charge in [0.05, 0.1) is 5.56 Å². The minimum absolute atomic E-state index is 0.349. The van der Waals surface area contributed by atoms with Gasteiger partial charge in [0.1, 0.15) is 16.7 Å². The highest BCUT2D eigenvalue weighted by atomic mass is 32.2. The van der Waals surface area contributed by atoms with Gasteiger partial charge in [0, 0.05) is 22.9 Å². The average molecular weight is 362 g/mol. The number of hydrogen-bond donors (Lipinski definition) is 0. The molecule has 3 aromatic rings. The van der Waals surface area contributed by atoms with Gasteiger partial charge >= 0.3 is 5.63 Å². The number of pyridine rings is 1. The van der Waals surface area contributed by atoms with Gasteiger partial charge < -0.3 is 4.42 Å². The molecule has 0 aliphatic heterocycles. The van der Waals surface area contributed by atoms with Crippen LogP contribution >= 0.6 is 11.8 Å². The molecule has 1 aliphatic carbocycles. The topological polar surface area (TPSA) is 66.9 Å². The molecule has 0 atom stereocenters. The third kappa shape index (κ3) is 3.25. The van der Waals surface area contributed by atoms with E-state index in [2.05, 4.69) is 6.07 Å². The molecule has 2 heterocycles. The second-order valence-corrected chi connectivity index (χ2v) is 7.61. The molecule has 130 valence electrons. The number of aromatic nitrogens is 1. The molecule has 0 bridgehead atoms. The molecule has 1 aromatic carbocycles. The third-order valence-corrected chi connectivity index (χ3v) is 5.78. The predicted octanol–water partition coefficient (Wildman–Crippen LogP) is 4.54. The van der Waals surface area contributed by atoms with E-state index in [1.807, 2.05) is 31.2 Å². The molecule has 1 aliphatic rings. The number of nitrogens with zero attached hydrogens (tertiary/aromatic N) is 2. The summed E-state index contributed by atoms with van der Waals surface area (Å²) in [4.78, 5) is 16.7. The van der Waals surface area contributed by atoms with Crippen molar-refractivity contribution in [2.75, 3.05) is 0 Å². The highest BCUT2D eigenvalue weighted by Gasteiger charge is 2.16. The first-order valence-electron chi connectivity index (χ1n) is 8.73. The van der Waals surface area contributed by atoms with E-state index in [0.717, 1.165) is 52.9 Å². The Morgan fingerprint density at radius 3 is 2.92 bits per heavy atom. The van der Waals surface area contributed by atoms with E-state index < -0.39 is 0 Å². The van der Waals surface area contributed by atoms with Crippen LogP contribution in [0.4, 0.5) is 0 Å². The Morgan fingerprint density at radius 2 is 2.08 bits per heavy atom. The Morgan fingerprint density at radius 1 is 1.23 bits per heavy atom. The lowest BCUT2D eigenvalue weighted by Gasteiger charge is -2.16. The molecule has 0 amide bonds. The summed E-state index contributed by atoms with van der Waals surface area (Å²) in [6.45, 7) is 1.97. The van der Waals surface area contributed by atoms with Crippen molar-refractivity contribution in [1.29, 1.82) is 5.26 Å². The Labute approximate surface area is 155 Å². The highest BCUT2D eigenvalue weighted by molar-refractivity contribution is 7.98. The molecule has 0 spiro atoms. The molecule has 0 unspecified atom stereocenters. The predicted molar refractivity (Wildman–Crippen MR) is 102 cm³/mol. The van der Waals surface area contributed by atoms with Crippen molar-refractivity contribution in [3.8, 4) is 6.07 Å². The van der Waals surface area contributed by atoms with Crippen LogP contribution in [-0.4, -0.2) is 4.98 Å². The molecule has 26 heavy (non-hydrogen) atoms. The number of hydrogen-bond acceptors (Lipinski definition) is 5. The number of rotatable bonds is 3. The molecule has 4 nitrogen and oxygen atoms in total. The molecule has 2 aromatic heterocycles. The first-order valence-corrected chi connectivity index (χ1v) is 9.71. The van der Waals surface area contributed by atoms with Crippen LogP contribution in [0.25, 0.3) is 11.0 Å². The fourth-order valence-electron chi connectivity index (χ4n) is 3.41. The van der Waals surface area contributed by atoms with Crippen molar-refractivity contribution in [3.63, 3.8) is 0 Å². The summed E-state index contributed by atoms with van der Waals surface area (Å²) in [5.41, 5.74) is 5.16. The van der Waals surface area contributed by atoms with Crippen molar-refractivity contribution in [1.82, 2.24) is 4.98 Å². The van der Waals surface area contributed by atoms with E-state index in [1.165, 1.54) is 23.4 Å². The normalized spacial score (nSPS) is 13.4. The van der Waals surface area contributed by atoms with Crippen LogP contribution < -0.4 is 5.63 Å². The summed E-state index contributed by atoms with van der Waals surface area (Å²) in [5.74, 6) is 0.575. The first-order chi connectivity index (χ1) is 12.6. The first kappa shape index (κ1) is 16.9. The zero-order valence-electron chi connectivity index (χ0n) is 14.5. The van der Waals surface area contributed by atoms with Gasteiger partial charge in [-0.2, -0.15) is 5.26 Å². The number of thioether (sulfide) groups is 1. The van der Waals surface area contributed by atoms with Gasteiger partial charge in [-0.05, 0) is 61.4 Å². The molecule has 0 saturated heterocycles. The lowest BCUT2D eigenvalue weighted by molar-refractivity contribution is 0.559. The smallest absolute Gasteiger partial charge is 0.336 e. The van der Waals surface area contributed by atoms with Gasteiger partial charge in [-0.15, -0.1) is 11.8 Å². The van der Waals surface area contributed by atoms with E-state index in [4.69, 9.17) is 9.40 Å². The van der Waals surface area contributed by atoms with E-state index in [-0.39, 0.29) is 5.63 Å². The highest BCUT2D eigenvalue weighted by Crippen LogP contribution is 2.31. The Balaban J connectivity index is 1.69. The van der Waals surface area contributed by atoms with E-state index in [9.17, 15) is 10.1 Å². The lowest BCUT2D eigenvalue weighted by Crippen LogP contribution is -2.07. The maximum absolute atomic E-state index is 11.9. The molecular weight excluding hydrogens is 344 g/mol. The monoisotopic (exact) mass is 362 g/mol. The van der Waals surface area contributed by atoms with Crippen molar-refractivity contribution < 1.29 is 4.42 Å². The van der Waals surface area contributed by atoms with Crippen molar-refractivity contribution in [2.45, 2.75) is 43.4 Å². The SMILES string of the molecule is Cc1ccc2c(CSc3nc4c(cc3C#N)CCCC4)cc(=O)oc2c1. The quantitative estimate of drug-likeness (QED) is 0.505. The molecule has 5 heteroatoms. The number of aryl methyl sites for hydroxylation is 3. The molecule has 0 fully saturated rings. The second-order valence-electron chi connectivity index (χ2n) is 6.64. The van der Waals surface area contributed by atoms with Gasteiger partial charge in [0.15, 0.2) is 0 Å². The summed E-state index contributed by atoms with van der Waals surface area (Å²) >= 11 is 1.51. The van der Waals surface area contributed by atoms with E-state index >= 15 is 0 Å². The Hall–Kier alpha value is -2.58. The van der Waals surface area contributed by atoms with Gasteiger partial charge in [-0.1, -0.05) is 12.1 Å². The van der Waals surface area contributed by atoms with Crippen molar-refractivity contribution in [2.24, 2.45) is 0 Å². The fraction of sp³-hybridized carbons (Fsp3) is 0.286. The summed E-state index contributed by atoms with van der Waals surface area (Å²) in [7, 11) is 0. The summed E-state index contributed by atoms with van der Waals surface area (Å²) in [5, 5.41) is 11.2. The number of fused-ring (bicyclic) bond motifs is 2. The van der Waals surface area contributed by atoms with Crippen LogP contribution in [0.1, 0.15) is 40.8 Å². The van der Waals surface area contributed by atoms with Crippen LogP contribution in [0.2, 0.25) is 0 Å². The van der Waals surface area contributed by atoms with Gasteiger partial charge in [-0.25, -0.2) is 9.78 Å². The van der Waals surface area contributed by atoms with Crippen LogP contribution in [0.5, 0.6) is 0 Å². The minimum Gasteiger partial charge on any atom is -0.423 e. The number of benzene rings is 1. The summed E-state index contributed by atoms with van der Waals surface area (Å²) in [6.07, 6.45) is 4.30. The third-order valence-electron chi connectivity index (χ3n) is 4.74. The van der Waals surface area contributed by atoms with Crippen LogP contribution in [-0.2, 0) is 18.6 Å². The lowest BCUT2D eigenvalue weighted by atomic mass is 9.95. The number of nitriles is 1. The summed E-state index contributed by atoms with van der Waals surface area (Å²) < 4.78 is 5.32. The Bertz CT molecular complexity index is 1100. The zero-order valence-corrected chi connectivity index (χ0v) is 15.4. The summed E-state index contributed by atoms with van der Waals surface area (Å²) in [6, 6.07) is 11.7. The fourth-order valence-corrected chi connectivity index (χ4v) is 4.37. The van der Waals surface area contributed by atoms with Gasteiger partial charge in [0.2, 0.25) is 0 Å². The van der Waals surface area contributed by atoms with E-state index in [0.29, 0.717) is 16.9 Å².